The predicted molar refractivity (Wildman–Crippen MR) is 122 cm³/mol. The number of carbonyl (C=O) groups excluding carboxylic acids is 1. The number of aryl methyl sites for hydroxylation is 1. The Balaban J connectivity index is 1.81. The molecule has 0 radical (unpaired) electrons. The Morgan fingerprint density at radius 2 is 1.60 bits per heavy atom. The maximum absolute atomic E-state index is 13.0. The second-order valence-corrected chi connectivity index (χ2v) is 10.3. The van der Waals surface area contributed by atoms with Crippen LogP contribution in [0.1, 0.15) is 60.9 Å². The average Bonchev–Trinajstić information content (AvgIpc) is 2.70. The molecule has 2 aromatic rings. The maximum atomic E-state index is 13.0. The highest BCUT2D eigenvalue weighted by Crippen LogP contribution is 2.27. The Labute approximate surface area is 184 Å². The third-order valence-corrected chi connectivity index (χ3v) is 7.81. The van der Waals surface area contributed by atoms with E-state index in [-0.39, 0.29) is 16.8 Å². The van der Waals surface area contributed by atoms with E-state index < -0.39 is 10.0 Å². The van der Waals surface area contributed by atoms with Crippen LogP contribution in [0, 0.1) is 6.92 Å². The summed E-state index contributed by atoms with van der Waals surface area (Å²) in [5.74, 6) is -0.256. The summed E-state index contributed by atoms with van der Waals surface area (Å²) in [6, 6.07) is 11.6. The molecule has 0 saturated heterocycles. The van der Waals surface area contributed by atoms with E-state index in [1.807, 2.05) is 6.92 Å². The van der Waals surface area contributed by atoms with Crippen molar-refractivity contribution in [3.8, 4) is 0 Å². The molecule has 0 atom stereocenters. The Morgan fingerprint density at radius 1 is 1.00 bits per heavy atom. The number of rotatable bonds is 5. The summed E-state index contributed by atoms with van der Waals surface area (Å²) in [5.41, 5.74) is 1.67. The van der Waals surface area contributed by atoms with E-state index >= 15 is 0 Å². The number of hydrogen-bond acceptors (Lipinski definition) is 3. The number of hydrogen-bond donors (Lipinski definition) is 1. The monoisotopic (exact) mass is 448 g/mol. The summed E-state index contributed by atoms with van der Waals surface area (Å²) in [7, 11) is -2.26. The maximum Gasteiger partial charge on any atom is 0.264 e. The van der Waals surface area contributed by atoms with Crippen LogP contribution in [0.25, 0.3) is 0 Å². The molecule has 30 heavy (non-hydrogen) atoms. The third-order valence-electron chi connectivity index (χ3n) is 5.68. The zero-order chi connectivity index (χ0) is 21.7. The van der Waals surface area contributed by atoms with Crippen molar-refractivity contribution < 1.29 is 13.2 Å². The lowest BCUT2D eigenvalue weighted by molar-refractivity contribution is 0.0930. The molecule has 162 valence electrons. The van der Waals surface area contributed by atoms with Crippen molar-refractivity contribution in [2.75, 3.05) is 11.4 Å². The summed E-state index contributed by atoms with van der Waals surface area (Å²) < 4.78 is 27.2. The molecule has 0 aromatic heterocycles. The van der Waals surface area contributed by atoms with Gasteiger partial charge in [-0.05, 0) is 50.1 Å². The number of anilines is 1. The normalized spacial score (nSPS) is 15.8. The zero-order valence-electron chi connectivity index (χ0n) is 17.5. The highest BCUT2D eigenvalue weighted by molar-refractivity contribution is 7.92. The first-order valence-electron chi connectivity index (χ1n) is 10.4. The van der Waals surface area contributed by atoms with Gasteiger partial charge < -0.3 is 5.32 Å². The van der Waals surface area contributed by atoms with Crippen LogP contribution in [0.15, 0.2) is 47.4 Å². The van der Waals surface area contributed by atoms with Gasteiger partial charge in [-0.25, -0.2) is 8.42 Å². The van der Waals surface area contributed by atoms with Crippen molar-refractivity contribution in [2.45, 2.75) is 62.8 Å². The lowest BCUT2D eigenvalue weighted by Crippen LogP contribution is -2.35. The van der Waals surface area contributed by atoms with Crippen molar-refractivity contribution in [2.24, 2.45) is 0 Å². The second kappa shape index (κ2) is 9.84. The van der Waals surface area contributed by atoms with E-state index in [1.54, 1.807) is 42.5 Å². The molecule has 0 aliphatic heterocycles. The topological polar surface area (TPSA) is 66.5 Å². The first kappa shape index (κ1) is 22.6. The molecule has 3 rings (SSSR count). The molecule has 0 bridgehead atoms. The van der Waals surface area contributed by atoms with Crippen LogP contribution >= 0.6 is 11.6 Å². The van der Waals surface area contributed by atoms with Crippen LogP contribution in [0.2, 0.25) is 5.02 Å². The number of halogens is 1. The summed E-state index contributed by atoms with van der Waals surface area (Å²) in [4.78, 5) is 13.1. The quantitative estimate of drug-likeness (QED) is 0.673. The molecule has 0 unspecified atom stereocenters. The average molecular weight is 449 g/mol. The van der Waals surface area contributed by atoms with E-state index in [0.717, 1.165) is 31.2 Å². The fourth-order valence-electron chi connectivity index (χ4n) is 3.75. The van der Waals surface area contributed by atoms with Gasteiger partial charge in [0.15, 0.2) is 0 Å². The molecular weight excluding hydrogens is 420 g/mol. The SMILES string of the molecule is Cc1ccc(S(=O)(=O)N(C)c2ccc(Cl)c(C(=O)NC3CCCCCCC3)c2)cc1. The smallest absolute Gasteiger partial charge is 0.264 e. The number of benzene rings is 2. The lowest BCUT2D eigenvalue weighted by atomic mass is 9.96. The first-order valence-corrected chi connectivity index (χ1v) is 12.3. The molecule has 1 saturated carbocycles. The molecule has 5 nitrogen and oxygen atoms in total. The molecule has 1 aliphatic rings. The molecule has 1 fully saturated rings. The second-order valence-electron chi connectivity index (χ2n) is 7.97. The largest absolute Gasteiger partial charge is 0.349 e. The van der Waals surface area contributed by atoms with Gasteiger partial charge in [-0.3, -0.25) is 9.10 Å². The number of nitrogens with one attached hydrogen (secondary N) is 1. The van der Waals surface area contributed by atoms with Crippen molar-refractivity contribution in [1.29, 1.82) is 0 Å². The van der Waals surface area contributed by atoms with Crippen LogP contribution in [-0.4, -0.2) is 27.4 Å². The highest BCUT2D eigenvalue weighted by atomic mass is 35.5. The summed E-state index contributed by atoms with van der Waals surface area (Å²) in [6.07, 6.45) is 7.80. The molecule has 1 N–H and O–H groups in total. The van der Waals surface area contributed by atoms with Crippen LogP contribution in [-0.2, 0) is 10.0 Å². The van der Waals surface area contributed by atoms with Crippen molar-refractivity contribution in [3.05, 3.63) is 58.6 Å². The van der Waals surface area contributed by atoms with E-state index in [1.165, 1.54) is 30.6 Å². The molecule has 7 heteroatoms. The summed E-state index contributed by atoms with van der Waals surface area (Å²) in [6.45, 7) is 1.90. The Morgan fingerprint density at radius 3 is 2.23 bits per heavy atom. The number of carbonyl (C=O) groups is 1. The van der Waals surface area contributed by atoms with Gasteiger partial charge in [0, 0.05) is 13.1 Å². The van der Waals surface area contributed by atoms with Gasteiger partial charge >= 0.3 is 0 Å². The van der Waals surface area contributed by atoms with E-state index in [9.17, 15) is 13.2 Å². The predicted octanol–water partition coefficient (Wildman–Crippen LogP) is 5.32. The van der Waals surface area contributed by atoms with Gasteiger partial charge in [0.25, 0.3) is 15.9 Å². The van der Waals surface area contributed by atoms with E-state index in [4.69, 9.17) is 11.6 Å². The van der Waals surface area contributed by atoms with Gasteiger partial charge in [0.1, 0.15) is 0 Å². The number of amides is 1. The van der Waals surface area contributed by atoms with Crippen molar-refractivity contribution in [3.63, 3.8) is 0 Å². The minimum Gasteiger partial charge on any atom is -0.349 e. The Bertz CT molecular complexity index is 982. The van der Waals surface area contributed by atoms with E-state index in [0.29, 0.717) is 16.3 Å². The minimum absolute atomic E-state index is 0.131. The number of nitrogens with zero attached hydrogens (tertiary/aromatic N) is 1. The van der Waals surface area contributed by atoms with E-state index in [2.05, 4.69) is 5.32 Å². The molecular formula is C23H29ClN2O3S. The first-order chi connectivity index (χ1) is 14.3. The Hall–Kier alpha value is -2.05. The van der Waals surface area contributed by atoms with Crippen LogP contribution < -0.4 is 9.62 Å². The van der Waals surface area contributed by atoms with Gasteiger partial charge in [0.2, 0.25) is 0 Å². The fourth-order valence-corrected chi connectivity index (χ4v) is 5.14. The number of sulfonamides is 1. The molecule has 1 amide bonds. The van der Waals surface area contributed by atoms with Crippen molar-refractivity contribution >= 4 is 33.2 Å². The van der Waals surface area contributed by atoms with Crippen LogP contribution in [0.3, 0.4) is 0 Å². The molecule has 1 aliphatic carbocycles. The highest BCUT2D eigenvalue weighted by Gasteiger charge is 2.23. The molecule has 0 spiro atoms. The fraction of sp³-hybridized carbons (Fsp3) is 0.435. The third kappa shape index (κ3) is 5.35. The zero-order valence-corrected chi connectivity index (χ0v) is 19.1. The van der Waals surface area contributed by atoms with Crippen LogP contribution in [0.4, 0.5) is 5.69 Å². The van der Waals surface area contributed by atoms with Gasteiger partial charge in [-0.15, -0.1) is 0 Å². The van der Waals surface area contributed by atoms with Gasteiger partial charge in [-0.2, -0.15) is 0 Å². The standard InChI is InChI=1S/C23H29ClN2O3S/c1-17-10-13-20(14-11-17)30(28,29)26(2)19-12-15-22(24)21(16-19)23(27)25-18-8-6-4-3-5-7-9-18/h10-16,18H,3-9H2,1-2H3,(H,25,27). The van der Waals surface area contributed by atoms with Gasteiger partial charge in [-0.1, -0.05) is 61.4 Å². The minimum atomic E-state index is -3.74. The lowest BCUT2D eigenvalue weighted by Gasteiger charge is -2.23. The molecule has 0 heterocycles. The van der Waals surface area contributed by atoms with Gasteiger partial charge in [0.05, 0.1) is 21.2 Å². The molecule has 2 aromatic carbocycles. The summed E-state index contributed by atoms with van der Waals surface area (Å²) in [5, 5.41) is 3.40. The summed E-state index contributed by atoms with van der Waals surface area (Å²) >= 11 is 6.29. The Kier molecular flexibility index (Phi) is 7.42. The van der Waals surface area contributed by atoms with Crippen molar-refractivity contribution in [1.82, 2.24) is 5.32 Å². The van der Waals surface area contributed by atoms with Crippen LogP contribution in [0.5, 0.6) is 0 Å².